The molecule has 0 bridgehead atoms. The molecule has 0 aromatic heterocycles. The Hall–Kier alpha value is -0.346. The van der Waals surface area contributed by atoms with Crippen molar-refractivity contribution in [2.45, 2.75) is 78.8 Å². The van der Waals surface area contributed by atoms with Gasteiger partial charge in [0.05, 0.1) is 16.1 Å². The molecule has 0 fully saturated rings. The van der Waals surface area contributed by atoms with Crippen LogP contribution in [0.15, 0.2) is 33.7 Å². The Morgan fingerprint density at radius 1 is 0.714 bits per heavy atom. The van der Waals surface area contributed by atoms with Gasteiger partial charge in [0.1, 0.15) is 0 Å². The second-order valence-corrected chi connectivity index (χ2v) is 19.7. The van der Waals surface area contributed by atoms with Gasteiger partial charge in [0, 0.05) is 5.41 Å². The second kappa shape index (κ2) is 5.38. The number of rotatable bonds is 2. The predicted octanol–water partition coefficient (Wildman–Crippen LogP) is 6.50. The third-order valence-electron chi connectivity index (χ3n) is 4.77. The molecular formula is C19H34Si2. The first kappa shape index (κ1) is 17.0. The van der Waals surface area contributed by atoms with Crippen molar-refractivity contribution in [2.24, 2.45) is 5.41 Å². The molecule has 2 heteroatoms. The van der Waals surface area contributed by atoms with Crippen molar-refractivity contribution in [1.29, 1.82) is 0 Å². The molecule has 118 valence electrons. The highest BCUT2D eigenvalue weighted by Gasteiger charge is 2.35. The summed E-state index contributed by atoms with van der Waals surface area (Å²) >= 11 is 0. The van der Waals surface area contributed by atoms with E-state index >= 15 is 0 Å². The van der Waals surface area contributed by atoms with E-state index in [2.05, 4.69) is 65.3 Å². The van der Waals surface area contributed by atoms with Crippen LogP contribution in [0.5, 0.6) is 0 Å². The van der Waals surface area contributed by atoms with Gasteiger partial charge in [-0.25, -0.2) is 0 Å². The third-order valence-corrected chi connectivity index (χ3v) is 8.89. The van der Waals surface area contributed by atoms with Crippen LogP contribution in [0.2, 0.25) is 39.3 Å². The minimum Gasteiger partial charge on any atom is -0.0756 e. The van der Waals surface area contributed by atoms with Crippen LogP contribution in [0.3, 0.4) is 0 Å². The average Bonchev–Trinajstić information content (AvgIpc) is 2.43. The number of allylic oxidation sites excluding steroid dienone is 6. The SMILES string of the molecule is CC1(C)C=C([Si](C)(C)C)C2=C(CCCC2)C([Si](C)(C)C)=C1. The zero-order chi connectivity index (χ0) is 16.1. The van der Waals surface area contributed by atoms with Gasteiger partial charge >= 0.3 is 0 Å². The zero-order valence-electron chi connectivity index (χ0n) is 15.5. The summed E-state index contributed by atoms with van der Waals surface area (Å²) in [5.74, 6) is 0. The molecule has 2 rings (SSSR count). The summed E-state index contributed by atoms with van der Waals surface area (Å²) in [6, 6.07) is 0. The molecule has 0 saturated carbocycles. The van der Waals surface area contributed by atoms with Gasteiger partial charge in [-0.05, 0) is 36.8 Å². The first-order chi connectivity index (χ1) is 9.42. The minimum atomic E-state index is -1.29. The highest BCUT2D eigenvalue weighted by atomic mass is 28.3. The fourth-order valence-corrected chi connectivity index (χ4v) is 7.77. The lowest BCUT2D eigenvalue weighted by Gasteiger charge is -2.32. The van der Waals surface area contributed by atoms with Gasteiger partial charge in [0.25, 0.3) is 0 Å². The van der Waals surface area contributed by atoms with Gasteiger partial charge in [-0.2, -0.15) is 0 Å². The fraction of sp³-hybridized carbons (Fsp3) is 0.684. The van der Waals surface area contributed by atoms with Gasteiger partial charge in [-0.15, -0.1) is 0 Å². The van der Waals surface area contributed by atoms with Gasteiger partial charge in [-0.1, -0.05) is 75.7 Å². The lowest BCUT2D eigenvalue weighted by molar-refractivity contribution is 0.623. The van der Waals surface area contributed by atoms with E-state index in [1.54, 1.807) is 21.5 Å². The van der Waals surface area contributed by atoms with Crippen molar-refractivity contribution in [3.05, 3.63) is 33.7 Å². The third kappa shape index (κ3) is 3.71. The van der Waals surface area contributed by atoms with Crippen molar-refractivity contribution < 1.29 is 0 Å². The molecule has 21 heavy (non-hydrogen) atoms. The highest BCUT2D eigenvalue weighted by Crippen LogP contribution is 2.45. The lowest BCUT2D eigenvalue weighted by atomic mass is 9.91. The van der Waals surface area contributed by atoms with Crippen LogP contribution >= 0.6 is 0 Å². The largest absolute Gasteiger partial charge is 0.0775 e. The van der Waals surface area contributed by atoms with Crippen molar-refractivity contribution in [2.75, 3.05) is 0 Å². The Morgan fingerprint density at radius 3 is 1.33 bits per heavy atom. The van der Waals surface area contributed by atoms with Crippen LogP contribution in [0.25, 0.3) is 0 Å². The molecule has 2 aliphatic carbocycles. The van der Waals surface area contributed by atoms with Crippen LogP contribution in [0.4, 0.5) is 0 Å². The summed E-state index contributed by atoms with van der Waals surface area (Å²) in [6.45, 7) is 19.9. The van der Waals surface area contributed by atoms with E-state index < -0.39 is 16.1 Å². The normalized spacial score (nSPS) is 23.2. The number of hydrogen-bond donors (Lipinski definition) is 0. The maximum atomic E-state index is 2.63. The molecule has 0 heterocycles. The summed E-state index contributed by atoms with van der Waals surface area (Å²) in [5, 5.41) is 3.51. The Kier molecular flexibility index (Phi) is 4.36. The van der Waals surface area contributed by atoms with Crippen molar-refractivity contribution >= 4 is 16.1 Å². The van der Waals surface area contributed by atoms with Crippen LogP contribution in [-0.4, -0.2) is 16.1 Å². The quantitative estimate of drug-likeness (QED) is 0.509. The first-order valence-electron chi connectivity index (χ1n) is 8.61. The van der Waals surface area contributed by atoms with Crippen LogP contribution in [0.1, 0.15) is 39.5 Å². The van der Waals surface area contributed by atoms with Crippen molar-refractivity contribution in [3.8, 4) is 0 Å². The summed E-state index contributed by atoms with van der Waals surface area (Å²) in [6.07, 6.45) is 10.7. The van der Waals surface area contributed by atoms with Gasteiger partial charge in [0.15, 0.2) is 0 Å². The fourth-order valence-electron chi connectivity index (χ4n) is 3.80. The van der Waals surface area contributed by atoms with Crippen LogP contribution in [0, 0.1) is 5.41 Å². The van der Waals surface area contributed by atoms with Crippen LogP contribution < -0.4 is 0 Å². The van der Waals surface area contributed by atoms with E-state index in [4.69, 9.17) is 0 Å². The maximum absolute atomic E-state index is 2.63. The topological polar surface area (TPSA) is 0 Å². The van der Waals surface area contributed by atoms with Gasteiger partial charge in [0.2, 0.25) is 0 Å². The molecule has 0 unspecified atom stereocenters. The van der Waals surface area contributed by atoms with E-state index in [1.165, 1.54) is 25.7 Å². The predicted molar refractivity (Wildman–Crippen MR) is 102 cm³/mol. The smallest absolute Gasteiger partial charge is 0.0756 e. The summed E-state index contributed by atoms with van der Waals surface area (Å²) < 4.78 is 0. The van der Waals surface area contributed by atoms with Crippen molar-refractivity contribution in [1.82, 2.24) is 0 Å². The van der Waals surface area contributed by atoms with Crippen LogP contribution in [-0.2, 0) is 0 Å². The summed E-state index contributed by atoms with van der Waals surface area (Å²) in [4.78, 5) is 0. The molecule has 0 nitrogen and oxygen atoms in total. The molecule has 0 aromatic carbocycles. The lowest BCUT2D eigenvalue weighted by Crippen LogP contribution is -2.29. The zero-order valence-corrected chi connectivity index (χ0v) is 17.5. The van der Waals surface area contributed by atoms with Gasteiger partial charge in [-0.3, -0.25) is 0 Å². The van der Waals surface area contributed by atoms with E-state index in [-0.39, 0.29) is 5.41 Å². The van der Waals surface area contributed by atoms with Crippen molar-refractivity contribution in [3.63, 3.8) is 0 Å². The van der Waals surface area contributed by atoms with E-state index in [9.17, 15) is 0 Å². The number of hydrogen-bond acceptors (Lipinski definition) is 0. The molecule has 0 saturated heterocycles. The Bertz CT molecular complexity index is 471. The molecule has 0 amide bonds. The summed E-state index contributed by atoms with van der Waals surface area (Å²) in [5.41, 5.74) is 3.74. The molecule has 0 atom stereocenters. The monoisotopic (exact) mass is 318 g/mol. The molecule has 0 N–H and O–H groups in total. The summed E-state index contributed by atoms with van der Waals surface area (Å²) in [7, 11) is -2.58. The first-order valence-corrected chi connectivity index (χ1v) is 15.6. The average molecular weight is 319 g/mol. The molecule has 0 radical (unpaired) electrons. The molecule has 0 spiro atoms. The minimum absolute atomic E-state index is 0.211. The van der Waals surface area contributed by atoms with Gasteiger partial charge < -0.3 is 0 Å². The van der Waals surface area contributed by atoms with E-state index in [0.717, 1.165) is 0 Å². The van der Waals surface area contributed by atoms with E-state index in [0.29, 0.717) is 0 Å². The molecule has 0 aromatic rings. The molecule has 0 aliphatic heterocycles. The standard InChI is InChI=1S/C19H34Si2/c1-19(2)13-17(20(3,4)5)15-11-9-10-12-16(15)18(14-19)21(6,7)8/h13-14H,9-12H2,1-8H3. The Balaban J connectivity index is 2.71. The van der Waals surface area contributed by atoms with E-state index in [1.807, 2.05) is 0 Å². The maximum Gasteiger partial charge on any atom is 0.0775 e. The molecular weight excluding hydrogens is 284 g/mol. The highest BCUT2D eigenvalue weighted by molar-refractivity contribution is 6.85. The second-order valence-electron chi connectivity index (χ2n) is 9.60. The Labute approximate surface area is 134 Å². The molecule has 2 aliphatic rings. The Morgan fingerprint density at radius 2 is 1.05 bits per heavy atom.